The van der Waals surface area contributed by atoms with Gasteiger partial charge >= 0.3 is 0 Å². The lowest BCUT2D eigenvalue weighted by molar-refractivity contribution is 0.242. The Hall–Kier alpha value is -2.21. The van der Waals surface area contributed by atoms with E-state index in [0.717, 1.165) is 22.7 Å². The number of nitrogens with zero attached hydrogens (tertiary/aromatic N) is 1. The average molecular weight is 240 g/mol. The summed E-state index contributed by atoms with van der Waals surface area (Å²) < 4.78 is 5.59. The molecule has 0 aliphatic heterocycles. The highest BCUT2D eigenvalue weighted by Crippen LogP contribution is 2.24. The van der Waals surface area contributed by atoms with Gasteiger partial charge in [0.05, 0.1) is 11.7 Å². The summed E-state index contributed by atoms with van der Waals surface area (Å²) in [5.74, 6) is 0.859. The summed E-state index contributed by atoms with van der Waals surface area (Å²) in [6, 6.07) is 11.9. The monoisotopic (exact) mass is 240 g/mol. The Morgan fingerprint density at radius 2 is 1.89 bits per heavy atom. The average Bonchev–Trinajstić information content (AvgIpc) is 2.71. The molecule has 0 saturated carbocycles. The molecule has 0 saturated heterocycles. The normalized spacial score (nSPS) is 10.4. The molecular formula is C15H16N2O. The first-order valence-corrected chi connectivity index (χ1v) is 5.97. The number of benzene rings is 1. The van der Waals surface area contributed by atoms with Crippen molar-refractivity contribution in [1.29, 1.82) is 5.26 Å². The lowest BCUT2D eigenvalue weighted by Gasteiger charge is -2.09. The second kappa shape index (κ2) is 4.97. The van der Waals surface area contributed by atoms with Crippen molar-refractivity contribution in [2.75, 3.05) is 0 Å². The van der Waals surface area contributed by atoms with Gasteiger partial charge in [-0.2, -0.15) is 5.26 Å². The van der Waals surface area contributed by atoms with Gasteiger partial charge in [0.25, 0.3) is 0 Å². The molecule has 2 rings (SSSR count). The molecule has 0 bridgehead atoms. The second-order valence-electron chi connectivity index (χ2n) is 4.52. The first-order chi connectivity index (χ1) is 8.60. The fourth-order valence-electron chi connectivity index (χ4n) is 1.81. The minimum atomic E-state index is 0.175. The number of aromatic amines is 1. The number of aryl methyl sites for hydroxylation is 1. The summed E-state index contributed by atoms with van der Waals surface area (Å²) in [5, 5.41) is 8.93. The van der Waals surface area contributed by atoms with Crippen LogP contribution in [-0.2, 0) is 0 Å². The van der Waals surface area contributed by atoms with E-state index in [9.17, 15) is 0 Å². The molecule has 3 nitrogen and oxygen atoms in total. The molecular weight excluding hydrogens is 224 g/mol. The maximum absolute atomic E-state index is 8.93. The van der Waals surface area contributed by atoms with Gasteiger partial charge in [0.15, 0.2) is 0 Å². The predicted molar refractivity (Wildman–Crippen MR) is 71.4 cm³/mol. The fraction of sp³-hybridized carbons (Fsp3) is 0.267. The molecule has 1 aromatic carbocycles. The topological polar surface area (TPSA) is 48.8 Å². The Labute approximate surface area is 107 Å². The maximum Gasteiger partial charge on any atom is 0.119 e. The molecule has 3 heteroatoms. The van der Waals surface area contributed by atoms with Crippen LogP contribution in [0.2, 0.25) is 0 Å². The van der Waals surface area contributed by atoms with Crippen molar-refractivity contribution in [2.45, 2.75) is 26.9 Å². The zero-order chi connectivity index (χ0) is 13.1. The second-order valence-corrected chi connectivity index (χ2v) is 4.52. The van der Waals surface area contributed by atoms with Crippen LogP contribution in [0.1, 0.15) is 25.1 Å². The highest BCUT2D eigenvalue weighted by molar-refractivity contribution is 5.63. The minimum Gasteiger partial charge on any atom is -0.491 e. The van der Waals surface area contributed by atoms with E-state index in [4.69, 9.17) is 10.00 Å². The highest BCUT2D eigenvalue weighted by atomic mass is 16.5. The van der Waals surface area contributed by atoms with Crippen LogP contribution < -0.4 is 4.74 Å². The number of H-pyrrole nitrogens is 1. The third-order valence-corrected chi connectivity index (χ3v) is 2.67. The van der Waals surface area contributed by atoms with Gasteiger partial charge in [-0.25, -0.2) is 0 Å². The lowest BCUT2D eigenvalue weighted by atomic mass is 10.1. The third kappa shape index (κ3) is 2.54. The predicted octanol–water partition coefficient (Wildman–Crippen LogP) is 3.65. The summed E-state index contributed by atoms with van der Waals surface area (Å²) >= 11 is 0. The van der Waals surface area contributed by atoms with Crippen LogP contribution in [0.3, 0.4) is 0 Å². The van der Waals surface area contributed by atoms with Crippen LogP contribution in [0, 0.1) is 18.3 Å². The number of nitriles is 1. The van der Waals surface area contributed by atoms with E-state index in [0.29, 0.717) is 5.56 Å². The number of rotatable bonds is 3. The van der Waals surface area contributed by atoms with Crippen molar-refractivity contribution in [2.24, 2.45) is 0 Å². The Morgan fingerprint density at radius 1 is 1.22 bits per heavy atom. The summed E-state index contributed by atoms with van der Waals surface area (Å²) in [5.41, 5.74) is 3.60. The van der Waals surface area contributed by atoms with Gasteiger partial charge in [0, 0.05) is 11.4 Å². The molecule has 0 aliphatic rings. The molecule has 18 heavy (non-hydrogen) atoms. The Balaban J connectivity index is 2.26. The molecule has 1 heterocycles. The molecule has 92 valence electrons. The van der Waals surface area contributed by atoms with E-state index >= 15 is 0 Å². The zero-order valence-corrected chi connectivity index (χ0v) is 10.8. The maximum atomic E-state index is 8.93. The summed E-state index contributed by atoms with van der Waals surface area (Å²) in [7, 11) is 0. The number of ether oxygens (including phenoxy) is 1. The van der Waals surface area contributed by atoms with Gasteiger partial charge in [-0.15, -0.1) is 0 Å². The molecule has 0 amide bonds. The van der Waals surface area contributed by atoms with Gasteiger partial charge in [-0.05, 0) is 56.7 Å². The molecule has 0 aliphatic carbocycles. The van der Waals surface area contributed by atoms with Gasteiger partial charge in [-0.1, -0.05) is 0 Å². The van der Waals surface area contributed by atoms with Crippen molar-refractivity contribution >= 4 is 0 Å². The third-order valence-electron chi connectivity index (χ3n) is 2.67. The van der Waals surface area contributed by atoms with E-state index in [1.165, 1.54) is 0 Å². The SMILES string of the molecule is Cc1[nH]c(-c2ccc(OC(C)C)cc2)cc1C#N. The van der Waals surface area contributed by atoms with E-state index in [1.54, 1.807) is 0 Å². The van der Waals surface area contributed by atoms with E-state index in [2.05, 4.69) is 11.1 Å². The highest BCUT2D eigenvalue weighted by Gasteiger charge is 2.06. The number of nitrogens with one attached hydrogen (secondary N) is 1. The zero-order valence-electron chi connectivity index (χ0n) is 10.8. The van der Waals surface area contributed by atoms with E-state index in [-0.39, 0.29) is 6.10 Å². The first-order valence-electron chi connectivity index (χ1n) is 5.97. The fourth-order valence-corrected chi connectivity index (χ4v) is 1.81. The van der Waals surface area contributed by atoms with Gasteiger partial charge in [0.2, 0.25) is 0 Å². The van der Waals surface area contributed by atoms with Crippen molar-refractivity contribution in [3.8, 4) is 23.1 Å². The number of hydrogen-bond acceptors (Lipinski definition) is 2. The summed E-state index contributed by atoms with van der Waals surface area (Å²) in [6.45, 7) is 5.90. The van der Waals surface area contributed by atoms with Crippen LogP contribution >= 0.6 is 0 Å². The number of aromatic nitrogens is 1. The molecule has 0 spiro atoms. The Bertz CT molecular complexity index is 574. The van der Waals surface area contributed by atoms with Gasteiger partial charge in [0.1, 0.15) is 11.8 Å². The van der Waals surface area contributed by atoms with Crippen LogP contribution in [0.4, 0.5) is 0 Å². The lowest BCUT2D eigenvalue weighted by Crippen LogP contribution is -2.05. The standard InChI is InChI=1S/C15H16N2O/c1-10(2)18-14-6-4-12(5-7-14)15-8-13(9-16)11(3)17-15/h4-8,10,17H,1-3H3. The molecule has 2 aromatic rings. The van der Waals surface area contributed by atoms with Crippen molar-refractivity contribution in [3.05, 3.63) is 41.6 Å². The summed E-state index contributed by atoms with van der Waals surface area (Å²) in [4.78, 5) is 3.21. The van der Waals surface area contributed by atoms with Gasteiger partial charge < -0.3 is 9.72 Å². The van der Waals surface area contributed by atoms with Gasteiger partial charge in [-0.3, -0.25) is 0 Å². The quantitative estimate of drug-likeness (QED) is 0.890. The minimum absolute atomic E-state index is 0.175. The van der Waals surface area contributed by atoms with E-state index in [1.807, 2.05) is 51.1 Å². The van der Waals surface area contributed by atoms with Crippen LogP contribution in [0.15, 0.2) is 30.3 Å². The molecule has 0 atom stereocenters. The number of hydrogen-bond donors (Lipinski definition) is 1. The van der Waals surface area contributed by atoms with Crippen molar-refractivity contribution < 1.29 is 4.74 Å². The molecule has 1 N–H and O–H groups in total. The smallest absolute Gasteiger partial charge is 0.119 e. The van der Waals surface area contributed by atoms with E-state index < -0.39 is 0 Å². The van der Waals surface area contributed by atoms with Crippen molar-refractivity contribution in [1.82, 2.24) is 4.98 Å². The van der Waals surface area contributed by atoms with Crippen LogP contribution in [-0.4, -0.2) is 11.1 Å². The molecule has 0 fully saturated rings. The van der Waals surface area contributed by atoms with Crippen LogP contribution in [0.5, 0.6) is 5.75 Å². The molecule has 0 unspecified atom stereocenters. The largest absolute Gasteiger partial charge is 0.491 e. The molecule has 0 radical (unpaired) electrons. The van der Waals surface area contributed by atoms with Crippen molar-refractivity contribution in [3.63, 3.8) is 0 Å². The first kappa shape index (κ1) is 12.3. The Kier molecular flexibility index (Phi) is 3.38. The van der Waals surface area contributed by atoms with Crippen LogP contribution in [0.25, 0.3) is 11.3 Å². The summed E-state index contributed by atoms with van der Waals surface area (Å²) in [6.07, 6.45) is 0.175. The molecule has 1 aromatic heterocycles. The Morgan fingerprint density at radius 3 is 2.39 bits per heavy atom.